The summed E-state index contributed by atoms with van der Waals surface area (Å²) in [5.74, 6) is 2.71. The van der Waals surface area contributed by atoms with Gasteiger partial charge in [-0.2, -0.15) is 0 Å². The molecule has 8 atom stereocenters. The highest BCUT2D eigenvalue weighted by atomic mass is 16.5. The van der Waals surface area contributed by atoms with Gasteiger partial charge < -0.3 is 9.47 Å². The van der Waals surface area contributed by atoms with Crippen molar-refractivity contribution >= 4 is 5.97 Å². The van der Waals surface area contributed by atoms with Crippen molar-refractivity contribution < 1.29 is 14.3 Å². The van der Waals surface area contributed by atoms with Crippen LogP contribution in [0.25, 0.3) is 0 Å². The van der Waals surface area contributed by atoms with Gasteiger partial charge in [0, 0.05) is 13.3 Å². The standard InChI is InChI=1S/C38H48O3/c1-26(39)40-30-19-21-35(2)29(25-30)15-16-31-32-17-18-34(36(32,3)22-20-33(31)35)37(4)23-24-38(41-37,27-11-7-5-8-12-27)28-13-9-6-10-14-28/h5-15,30-34H,16-25H2,1-4H3/t30-,31-,32+,33+,34+,35+,36+,37-/m1/s1. The first-order valence-corrected chi connectivity index (χ1v) is 16.4. The molecule has 0 bridgehead atoms. The molecule has 218 valence electrons. The molecule has 7 rings (SSSR count). The van der Waals surface area contributed by atoms with Crippen LogP contribution in [0.3, 0.4) is 0 Å². The SMILES string of the molecule is CC(=O)O[C@@H]1CC[C@@]2(C)C(=CC[C@@H]3[C@@H]4CC[C@H]([C@@]5(C)CCC(c6ccccc6)(c6ccccc6)O5)[C@@]4(C)CC[C@@H]32)C1. The van der Waals surface area contributed by atoms with Gasteiger partial charge >= 0.3 is 5.97 Å². The fourth-order valence-electron chi connectivity index (χ4n) is 11.1. The zero-order valence-electron chi connectivity index (χ0n) is 25.5. The van der Waals surface area contributed by atoms with Crippen molar-refractivity contribution in [3.05, 3.63) is 83.4 Å². The molecule has 3 saturated carbocycles. The molecule has 4 fully saturated rings. The average molecular weight is 553 g/mol. The fourth-order valence-corrected chi connectivity index (χ4v) is 11.1. The maximum absolute atomic E-state index is 11.7. The summed E-state index contributed by atoms with van der Waals surface area (Å²) in [6.07, 6.45) is 14.3. The molecule has 0 spiro atoms. The summed E-state index contributed by atoms with van der Waals surface area (Å²) in [6, 6.07) is 22.0. The smallest absolute Gasteiger partial charge is 0.302 e. The summed E-state index contributed by atoms with van der Waals surface area (Å²) in [5.41, 5.74) is 4.24. The first-order valence-electron chi connectivity index (χ1n) is 16.4. The van der Waals surface area contributed by atoms with Gasteiger partial charge in [0.15, 0.2) is 0 Å². The molecule has 41 heavy (non-hydrogen) atoms. The zero-order chi connectivity index (χ0) is 28.5. The largest absolute Gasteiger partial charge is 0.462 e. The molecule has 1 aliphatic heterocycles. The van der Waals surface area contributed by atoms with Crippen LogP contribution in [0.5, 0.6) is 0 Å². The third kappa shape index (κ3) is 4.20. The first-order chi connectivity index (χ1) is 19.7. The van der Waals surface area contributed by atoms with Gasteiger partial charge in [-0.15, -0.1) is 0 Å². The third-order valence-electron chi connectivity index (χ3n) is 13.0. The quantitative estimate of drug-likeness (QED) is 0.280. The van der Waals surface area contributed by atoms with E-state index in [4.69, 9.17) is 9.47 Å². The summed E-state index contributed by atoms with van der Waals surface area (Å²) in [4.78, 5) is 11.7. The van der Waals surface area contributed by atoms with Gasteiger partial charge in [0.2, 0.25) is 0 Å². The van der Waals surface area contributed by atoms with E-state index in [0.29, 0.717) is 11.3 Å². The summed E-state index contributed by atoms with van der Waals surface area (Å²) in [7, 11) is 0. The summed E-state index contributed by atoms with van der Waals surface area (Å²) in [6.45, 7) is 9.20. The molecular formula is C38H48O3. The van der Waals surface area contributed by atoms with Gasteiger partial charge in [-0.1, -0.05) is 86.2 Å². The average Bonchev–Trinajstić information content (AvgIpc) is 3.53. The number of fused-ring (bicyclic) bond motifs is 5. The third-order valence-corrected chi connectivity index (χ3v) is 13.0. The van der Waals surface area contributed by atoms with Crippen LogP contribution >= 0.6 is 0 Å². The van der Waals surface area contributed by atoms with E-state index < -0.39 is 0 Å². The van der Waals surface area contributed by atoms with E-state index in [1.54, 1.807) is 12.5 Å². The van der Waals surface area contributed by atoms with E-state index in [9.17, 15) is 4.79 Å². The monoisotopic (exact) mass is 552 g/mol. The van der Waals surface area contributed by atoms with Crippen molar-refractivity contribution in [2.45, 2.75) is 109 Å². The minimum absolute atomic E-state index is 0.0713. The Bertz CT molecular complexity index is 1280. The molecule has 5 aliphatic rings. The highest BCUT2D eigenvalue weighted by Gasteiger charge is 2.64. The van der Waals surface area contributed by atoms with Crippen molar-refractivity contribution in [2.24, 2.45) is 34.5 Å². The van der Waals surface area contributed by atoms with Crippen LogP contribution in [-0.2, 0) is 19.9 Å². The van der Waals surface area contributed by atoms with Gasteiger partial charge in [-0.3, -0.25) is 4.79 Å². The number of esters is 1. The van der Waals surface area contributed by atoms with Crippen LogP contribution in [-0.4, -0.2) is 17.7 Å². The van der Waals surface area contributed by atoms with Crippen LogP contribution in [0.2, 0.25) is 0 Å². The molecule has 2 aromatic carbocycles. The second kappa shape index (κ2) is 9.83. The van der Waals surface area contributed by atoms with E-state index >= 15 is 0 Å². The molecular weight excluding hydrogens is 504 g/mol. The van der Waals surface area contributed by atoms with E-state index in [2.05, 4.69) is 87.5 Å². The van der Waals surface area contributed by atoms with Crippen molar-refractivity contribution in [1.29, 1.82) is 0 Å². The Hall–Kier alpha value is -2.39. The molecule has 1 saturated heterocycles. The number of allylic oxidation sites excluding steroid dienone is 1. The number of ether oxygens (including phenoxy) is 2. The maximum atomic E-state index is 11.7. The summed E-state index contributed by atoms with van der Waals surface area (Å²) >= 11 is 0. The minimum atomic E-state index is -0.376. The lowest BCUT2D eigenvalue weighted by Crippen LogP contribution is -2.53. The molecule has 3 heteroatoms. The highest BCUT2D eigenvalue weighted by molar-refractivity contribution is 5.66. The van der Waals surface area contributed by atoms with Crippen molar-refractivity contribution in [3.8, 4) is 0 Å². The Morgan fingerprint density at radius 2 is 1.49 bits per heavy atom. The van der Waals surface area contributed by atoms with Crippen LogP contribution in [0.4, 0.5) is 0 Å². The molecule has 3 nitrogen and oxygen atoms in total. The van der Waals surface area contributed by atoms with Gasteiger partial charge in [-0.25, -0.2) is 0 Å². The molecule has 0 aromatic heterocycles. The Kier molecular flexibility index (Phi) is 6.58. The van der Waals surface area contributed by atoms with Crippen molar-refractivity contribution in [1.82, 2.24) is 0 Å². The molecule has 0 radical (unpaired) electrons. The predicted octanol–water partition coefficient (Wildman–Crippen LogP) is 9.01. The van der Waals surface area contributed by atoms with Gasteiger partial charge in [0.25, 0.3) is 0 Å². The Morgan fingerprint density at radius 1 is 0.805 bits per heavy atom. The lowest BCUT2D eigenvalue weighted by atomic mass is 9.46. The molecule has 4 aliphatic carbocycles. The van der Waals surface area contributed by atoms with Crippen molar-refractivity contribution in [3.63, 3.8) is 0 Å². The highest BCUT2D eigenvalue weighted by Crippen LogP contribution is 2.69. The number of rotatable bonds is 4. The molecule has 1 heterocycles. The van der Waals surface area contributed by atoms with Crippen molar-refractivity contribution in [2.75, 3.05) is 0 Å². The normalized spacial score (nSPS) is 41.1. The van der Waals surface area contributed by atoms with Crippen LogP contribution in [0.1, 0.15) is 103 Å². The summed E-state index contributed by atoms with van der Waals surface area (Å²) < 4.78 is 13.2. The van der Waals surface area contributed by atoms with Crippen LogP contribution in [0.15, 0.2) is 72.3 Å². The second-order valence-electron chi connectivity index (χ2n) is 14.9. The zero-order valence-corrected chi connectivity index (χ0v) is 25.5. The Labute approximate surface area is 247 Å². The van der Waals surface area contributed by atoms with Gasteiger partial charge in [-0.05, 0) is 110 Å². The molecule has 0 amide bonds. The maximum Gasteiger partial charge on any atom is 0.302 e. The Balaban J connectivity index is 1.17. The molecule has 0 unspecified atom stereocenters. The van der Waals surface area contributed by atoms with E-state index in [0.717, 1.165) is 49.9 Å². The minimum Gasteiger partial charge on any atom is -0.462 e. The van der Waals surface area contributed by atoms with Crippen LogP contribution in [0, 0.1) is 34.5 Å². The molecule has 0 N–H and O–H groups in total. The van der Waals surface area contributed by atoms with E-state index in [-0.39, 0.29) is 28.7 Å². The number of carbonyl (C=O) groups excluding carboxylic acids is 1. The topological polar surface area (TPSA) is 35.5 Å². The summed E-state index contributed by atoms with van der Waals surface area (Å²) in [5, 5.41) is 0. The van der Waals surface area contributed by atoms with Gasteiger partial charge in [0.05, 0.1) is 5.60 Å². The fraction of sp³-hybridized carbons (Fsp3) is 0.605. The first kappa shape index (κ1) is 27.4. The van der Waals surface area contributed by atoms with E-state index in [1.165, 1.54) is 43.2 Å². The number of hydrogen-bond donors (Lipinski definition) is 0. The Morgan fingerprint density at radius 3 is 2.15 bits per heavy atom. The number of benzene rings is 2. The number of hydrogen-bond acceptors (Lipinski definition) is 3. The van der Waals surface area contributed by atoms with Crippen LogP contribution < -0.4 is 0 Å². The lowest BCUT2D eigenvalue weighted by Gasteiger charge is -2.59. The number of carbonyl (C=O) groups is 1. The second-order valence-corrected chi connectivity index (χ2v) is 14.9. The predicted molar refractivity (Wildman–Crippen MR) is 163 cm³/mol. The lowest BCUT2D eigenvalue weighted by molar-refractivity contribution is -0.153. The van der Waals surface area contributed by atoms with E-state index in [1.807, 2.05) is 0 Å². The molecule has 2 aromatic rings. The van der Waals surface area contributed by atoms with Gasteiger partial charge in [0.1, 0.15) is 11.7 Å².